The van der Waals surface area contributed by atoms with Gasteiger partial charge < -0.3 is 0 Å². The predicted octanol–water partition coefficient (Wildman–Crippen LogP) is 2.28. The zero-order valence-corrected chi connectivity index (χ0v) is 9.48. The van der Waals surface area contributed by atoms with Crippen LogP contribution < -0.4 is 0 Å². The number of hydrogen-bond acceptors (Lipinski definition) is 5. The van der Waals surface area contributed by atoms with E-state index in [-0.39, 0.29) is 5.69 Å². The molecule has 1 aromatic carbocycles. The lowest BCUT2D eigenvalue weighted by molar-refractivity contribution is -0.384. The van der Waals surface area contributed by atoms with Crippen LogP contribution in [-0.4, -0.2) is 29.0 Å². The van der Waals surface area contributed by atoms with Gasteiger partial charge in [0.1, 0.15) is 0 Å². The van der Waals surface area contributed by atoms with Gasteiger partial charge in [-0.15, -0.1) is 11.8 Å². The zero-order valence-electron chi connectivity index (χ0n) is 8.67. The summed E-state index contributed by atoms with van der Waals surface area (Å²) < 4.78 is 0. The summed E-state index contributed by atoms with van der Waals surface area (Å²) in [6.45, 7) is 1.75. The first-order chi connectivity index (χ1) is 7.75. The van der Waals surface area contributed by atoms with Gasteiger partial charge in [-0.05, 0) is 18.6 Å². The molecule has 1 aliphatic heterocycles. The van der Waals surface area contributed by atoms with Crippen LogP contribution >= 0.6 is 11.8 Å². The maximum atomic E-state index is 10.4. The molecule has 0 atom stereocenters. The topological polar surface area (TPSA) is 55.6 Å². The first-order valence-electron chi connectivity index (χ1n) is 5.01. The van der Waals surface area contributed by atoms with Crippen LogP contribution in [0.3, 0.4) is 0 Å². The fourth-order valence-electron chi connectivity index (χ4n) is 1.41. The number of non-ortho nitro benzene ring substituents is 1. The van der Waals surface area contributed by atoms with Crippen LogP contribution in [0.5, 0.6) is 0 Å². The molecule has 0 aliphatic carbocycles. The molecular formula is C10H12N2O3S. The third-order valence-electron chi connectivity index (χ3n) is 2.25. The predicted molar refractivity (Wildman–Crippen MR) is 61.1 cm³/mol. The van der Waals surface area contributed by atoms with E-state index < -0.39 is 4.92 Å². The summed E-state index contributed by atoms with van der Waals surface area (Å²) in [6, 6.07) is 6.57. The van der Waals surface area contributed by atoms with Crippen molar-refractivity contribution < 1.29 is 9.76 Å². The number of benzene rings is 1. The molecule has 16 heavy (non-hydrogen) atoms. The molecule has 0 unspecified atom stereocenters. The maximum Gasteiger partial charge on any atom is 0.269 e. The molecule has 86 valence electrons. The number of nitrogens with zero attached hydrogens (tertiary/aromatic N) is 2. The highest BCUT2D eigenvalue weighted by atomic mass is 32.2. The second kappa shape index (κ2) is 5.29. The first-order valence-corrected chi connectivity index (χ1v) is 5.99. The summed E-state index contributed by atoms with van der Waals surface area (Å²) in [5.74, 6) is 0.762. The molecule has 1 heterocycles. The summed E-state index contributed by atoms with van der Waals surface area (Å²) in [6.07, 6.45) is 1.07. The van der Waals surface area contributed by atoms with Crippen LogP contribution in [0.25, 0.3) is 0 Å². The lowest BCUT2D eigenvalue weighted by Crippen LogP contribution is -2.16. The number of hydrogen-bond donors (Lipinski definition) is 0. The molecule has 1 fully saturated rings. The Kier molecular flexibility index (Phi) is 3.76. The number of hydroxylamine groups is 2. The Morgan fingerprint density at radius 3 is 2.75 bits per heavy atom. The highest BCUT2D eigenvalue weighted by Gasteiger charge is 2.12. The van der Waals surface area contributed by atoms with Crippen molar-refractivity contribution in [2.45, 2.75) is 11.3 Å². The van der Waals surface area contributed by atoms with E-state index in [2.05, 4.69) is 0 Å². The Morgan fingerprint density at radius 2 is 2.19 bits per heavy atom. The second-order valence-corrected chi connectivity index (χ2v) is 4.43. The van der Waals surface area contributed by atoms with Gasteiger partial charge in [0, 0.05) is 23.6 Å². The van der Waals surface area contributed by atoms with Crippen molar-refractivity contribution >= 4 is 17.4 Å². The third-order valence-corrected chi connectivity index (χ3v) is 3.27. The van der Waals surface area contributed by atoms with Crippen molar-refractivity contribution in [3.63, 3.8) is 0 Å². The van der Waals surface area contributed by atoms with Gasteiger partial charge in [0.05, 0.1) is 17.4 Å². The molecule has 1 aliphatic rings. The van der Waals surface area contributed by atoms with Crippen molar-refractivity contribution in [3.8, 4) is 0 Å². The molecule has 6 heteroatoms. The summed E-state index contributed by atoms with van der Waals surface area (Å²) in [4.78, 5) is 16.4. The average molecular weight is 240 g/mol. The molecule has 0 amide bonds. The van der Waals surface area contributed by atoms with Crippen LogP contribution in [0.2, 0.25) is 0 Å². The van der Waals surface area contributed by atoms with E-state index in [1.807, 2.05) is 5.06 Å². The molecule has 1 saturated heterocycles. The van der Waals surface area contributed by atoms with Crippen LogP contribution in [-0.2, 0) is 4.84 Å². The SMILES string of the molecule is O=[N+]([O-])c1ccc(SCN2CCCO2)cc1. The average Bonchev–Trinajstić information content (AvgIpc) is 2.80. The van der Waals surface area contributed by atoms with Gasteiger partial charge in [-0.3, -0.25) is 15.0 Å². The summed E-state index contributed by atoms with van der Waals surface area (Å²) in [7, 11) is 0. The summed E-state index contributed by atoms with van der Waals surface area (Å²) in [5.41, 5.74) is 0.127. The zero-order chi connectivity index (χ0) is 11.4. The minimum atomic E-state index is -0.391. The van der Waals surface area contributed by atoms with Crippen molar-refractivity contribution in [2.24, 2.45) is 0 Å². The van der Waals surface area contributed by atoms with Gasteiger partial charge in [0.2, 0.25) is 0 Å². The molecule has 5 nitrogen and oxygen atoms in total. The highest BCUT2D eigenvalue weighted by Crippen LogP contribution is 2.23. The van der Waals surface area contributed by atoms with Gasteiger partial charge in [-0.1, -0.05) is 0 Å². The molecule has 2 rings (SSSR count). The van der Waals surface area contributed by atoms with Gasteiger partial charge in [-0.25, -0.2) is 0 Å². The van der Waals surface area contributed by atoms with E-state index in [0.29, 0.717) is 0 Å². The monoisotopic (exact) mass is 240 g/mol. The standard InChI is InChI=1S/C10H12N2O3S/c13-12(14)9-2-4-10(5-3-9)16-8-11-6-1-7-15-11/h2-5H,1,6-8H2. The number of nitro benzene ring substituents is 1. The minimum Gasteiger partial charge on any atom is -0.298 e. The molecule has 0 radical (unpaired) electrons. The number of nitro groups is 1. The fraction of sp³-hybridized carbons (Fsp3) is 0.400. The normalized spacial score (nSPS) is 16.5. The first kappa shape index (κ1) is 11.4. The Hall–Kier alpha value is -1.11. The largest absolute Gasteiger partial charge is 0.298 e. The van der Waals surface area contributed by atoms with Crippen LogP contribution in [0.1, 0.15) is 6.42 Å². The van der Waals surface area contributed by atoms with E-state index in [0.717, 1.165) is 30.3 Å². The van der Waals surface area contributed by atoms with Crippen molar-refractivity contribution in [2.75, 3.05) is 19.0 Å². The van der Waals surface area contributed by atoms with E-state index in [4.69, 9.17) is 4.84 Å². The smallest absolute Gasteiger partial charge is 0.269 e. The minimum absolute atomic E-state index is 0.127. The van der Waals surface area contributed by atoms with Crippen LogP contribution in [0.4, 0.5) is 5.69 Å². The number of rotatable bonds is 4. The van der Waals surface area contributed by atoms with Gasteiger partial charge in [0.25, 0.3) is 5.69 Å². The van der Waals surface area contributed by atoms with Gasteiger partial charge in [0.15, 0.2) is 0 Å². The third kappa shape index (κ3) is 2.94. The fourth-order valence-corrected chi connectivity index (χ4v) is 2.24. The second-order valence-electron chi connectivity index (χ2n) is 3.42. The van der Waals surface area contributed by atoms with Crippen molar-refractivity contribution in [1.82, 2.24) is 5.06 Å². The molecular weight excluding hydrogens is 228 g/mol. The molecule has 0 spiro atoms. The Balaban J connectivity index is 1.87. The number of thioether (sulfide) groups is 1. The van der Waals surface area contributed by atoms with Crippen LogP contribution in [0, 0.1) is 10.1 Å². The van der Waals surface area contributed by atoms with Crippen LogP contribution in [0.15, 0.2) is 29.2 Å². The lowest BCUT2D eigenvalue weighted by atomic mass is 10.3. The van der Waals surface area contributed by atoms with E-state index >= 15 is 0 Å². The Labute approximate surface area is 97.5 Å². The van der Waals surface area contributed by atoms with Crippen molar-refractivity contribution in [1.29, 1.82) is 0 Å². The molecule has 0 bridgehead atoms. The summed E-state index contributed by atoms with van der Waals surface area (Å²) >= 11 is 1.62. The molecule has 0 aromatic heterocycles. The highest BCUT2D eigenvalue weighted by molar-refractivity contribution is 7.99. The van der Waals surface area contributed by atoms with Gasteiger partial charge >= 0.3 is 0 Å². The van der Waals surface area contributed by atoms with Gasteiger partial charge in [-0.2, -0.15) is 5.06 Å². The maximum absolute atomic E-state index is 10.4. The molecule has 0 N–H and O–H groups in total. The van der Waals surface area contributed by atoms with Crippen molar-refractivity contribution in [3.05, 3.63) is 34.4 Å². The molecule has 1 aromatic rings. The van der Waals surface area contributed by atoms with E-state index in [9.17, 15) is 10.1 Å². The Bertz CT molecular complexity index is 363. The van der Waals surface area contributed by atoms with E-state index in [1.165, 1.54) is 12.1 Å². The quantitative estimate of drug-likeness (QED) is 0.459. The lowest BCUT2D eigenvalue weighted by Gasteiger charge is -2.12. The Morgan fingerprint density at radius 1 is 1.44 bits per heavy atom. The molecule has 0 saturated carbocycles. The summed E-state index contributed by atoms with van der Waals surface area (Å²) in [5, 5.41) is 12.4. The van der Waals surface area contributed by atoms with E-state index in [1.54, 1.807) is 23.9 Å².